The van der Waals surface area contributed by atoms with Crippen molar-refractivity contribution in [3.8, 4) is 0 Å². The van der Waals surface area contributed by atoms with E-state index in [1.807, 2.05) is 0 Å². The van der Waals surface area contributed by atoms with Gasteiger partial charge in [-0.25, -0.2) is 4.98 Å². The SMILES string of the molecule is CN(CCC(=O)O)C(=O)c1cccnc1N1CCCC1. The van der Waals surface area contributed by atoms with E-state index in [9.17, 15) is 9.59 Å². The molecule has 0 radical (unpaired) electrons. The molecule has 0 spiro atoms. The first kappa shape index (κ1) is 14.3. The Hall–Kier alpha value is -2.11. The van der Waals surface area contributed by atoms with Gasteiger partial charge in [0.1, 0.15) is 5.82 Å². The number of aliphatic carboxylic acids is 1. The second-order valence-corrected chi connectivity index (χ2v) is 4.94. The lowest BCUT2D eigenvalue weighted by atomic mass is 10.2. The van der Waals surface area contributed by atoms with Crippen molar-refractivity contribution in [2.75, 3.05) is 31.6 Å². The van der Waals surface area contributed by atoms with Gasteiger partial charge >= 0.3 is 5.97 Å². The van der Waals surface area contributed by atoms with E-state index in [4.69, 9.17) is 5.11 Å². The predicted octanol–water partition coefficient (Wildman–Crippen LogP) is 1.23. The minimum Gasteiger partial charge on any atom is -0.481 e. The summed E-state index contributed by atoms with van der Waals surface area (Å²) in [5.41, 5.74) is 0.544. The molecule has 1 amide bonds. The molecule has 20 heavy (non-hydrogen) atoms. The second-order valence-electron chi connectivity index (χ2n) is 4.94. The first-order chi connectivity index (χ1) is 9.59. The summed E-state index contributed by atoms with van der Waals surface area (Å²) in [7, 11) is 1.62. The Labute approximate surface area is 118 Å². The third-order valence-corrected chi connectivity index (χ3v) is 3.43. The topological polar surface area (TPSA) is 73.7 Å². The Morgan fingerprint density at radius 3 is 2.75 bits per heavy atom. The van der Waals surface area contributed by atoms with Crippen molar-refractivity contribution < 1.29 is 14.7 Å². The standard InChI is InChI=1S/C14H19N3O3/c1-16(10-6-12(18)19)14(20)11-5-4-7-15-13(11)17-8-2-3-9-17/h4-5,7H,2-3,6,8-10H2,1H3,(H,18,19). The van der Waals surface area contributed by atoms with Gasteiger partial charge in [0.2, 0.25) is 0 Å². The summed E-state index contributed by atoms with van der Waals surface area (Å²) in [6, 6.07) is 3.48. The molecule has 0 saturated carbocycles. The molecule has 2 rings (SSSR count). The molecule has 6 heteroatoms. The van der Waals surface area contributed by atoms with Gasteiger partial charge in [0, 0.05) is 32.9 Å². The Kier molecular flexibility index (Phi) is 4.55. The molecular formula is C14H19N3O3. The van der Waals surface area contributed by atoms with Gasteiger partial charge in [0.05, 0.1) is 12.0 Å². The summed E-state index contributed by atoms with van der Waals surface area (Å²) in [5.74, 6) is -0.381. The number of carbonyl (C=O) groups is 2. The van der Waals surface area contributed by atoms with Gasteiger partial charge in [-0.2, -0.15) is 0 Å². The number of pyridine rings is 1. The molecule has 2 heterocycles. The summed E-state index contributed by atoms with van der Waals surface area (Å²) < 4.78 is 0. The van der Waals surface area contributed by atoms with Crippen LogP contribution in [-0.4, -0.2) is 53.5 Å². The molecule has 1 N–H and O–H groups in total. The molecule has 1 aromatic rings. The fraction of sp³-hybridized carbons (Fsp3) is 0.500. The summed E-state index contributed by atoms with van der Waals surface area (Å²) in [6.45, 7) is 2.02. The molecule has 1 aromatic heterocycles. The minimum atomic E-state index is -0.907. The monoisotopic (exact) mass is 277 g/mol. The van der Waals surface area contributed by atoms with Crippen LogP contribution in [0.15, 0.2) is 18.3 Å². The predicted molar refractivity (Wildman–Crippen MR) is 74.9 cm³/mol. The Morgan fingerprint density at radius 1 is 1.40 bits per heavy atom. The van der Waals surface area contributed by atoms with Crippen molar-refractivity contribution in [2.45, 2.75) is 19.3 Å². The lowest BCUT2D eigenvalue weighted by Crippen LogP contribution is -2.31. The Bertz CT molecular complexity index is 498. The molecule has 1 aliphatic rings. The number of rotatable bonds is 5. The van der Waals surface area contributed by atoms with Gasteiger partial charge in [-0.1, -0.05) is 0 Å². The van der Waals surface area contributed by atoms with Crippen molar-refractivity contribution in [3.05, 3.63) is 23.9 Å². The first-order valence-corrected chi connectivity index (χ1v) is 6.77. The van der Waals surface area contributed by atoms with Crippen LogP contribution in [0.3, 0.4) is 0 Å². The number of hydrogen-bond donors (Lipinski definition) is 1. The second kappa shape index (κ2) is 6.36. The van der Waals surface area contributed by atoms with Crippen LogP contribution < -0.4 is 4.90 Å². The molecular weight excluding hydrogens is 258 g/mol. The zero-order valence-electron chi connectivity index (χ0n) is 11.6. The van der Waals surface area contributed by atoms with Gasteiger partial charge in [-0.3, -0.25) is 9.59 Å². The van der Waals surface area contributed by atoms with Gasteiger partial charge < -0.3 is 14.9 Å². The summed E-state index contributed by atoms with van der Waals surface area (Å²) >= 11 is 0. The molecule has 0 aromatic carbocycles. The number of aromatic nitrogens is 1. The van der Waals surface area contributed by atoms with E-state index in [1.54, 1.807) is 25.4 Å². The fourth-order valence-corrected chi connectivity index (χ4v) is 2.32. The zero-order valence-corrected chi connectivity index (χ0v) is 11.6. The lowest BCUT2D eigenvalue weighted by Gasteiger charge is -2.22. The third-order valence-electron chi connectivity index (χ3n) is 3.43. The molecule has 0 bridgehead atoms. The number of carboxylic acid groups (broad SMARTS) is 1. The molecule has 0 atom stereocenters. The van der Waals surface area contributed by atoms with E-state index < -0.39 is 5.97 Å². The lowest BCUT2D eigenvalue weighted by molar-refractivity contribution is -0.137. The van der Waals surface area contributed by atoms with Gasteiger partial charge in [0.15, 0.2) is 0 Å². The Morgan fingerprint density at radius 2 is 2.10 bits per heavy atom. The highest BCUT2D eigenvalue weighted by molar-refractivity contribution is 5.98. The van der Waals surface area contributed by atoms with E-state index in [0.29, 0.717) is 11.4 Å². The van der Waals surface area contributed by atoms with Crippen molar-refractivity contribution >= 4 is 17.7 Å². The van der Waals surface area contributed by atoms with Crippen LogP contribution in [0.4, 0.5) is 5.82 Å². The maximum absolute atomic E-state index is 12.4. The van der Waals surface area contributed by atoms with Crippen molar-refractivity contribution in [1.82, 2.24) is 9.88 Å². The van der Waals surface area contributed by atoms with Crippen LogP contribution in [0.25, 0.3) is 0 Å². The van der Waals surface area contributed by atoms with Crippen LogP contribution in [0.2, 0.25) is 0 Å². The maximum Gasteiger partial charge on any atom is 0.305 e. The number of carboxylic acids is 1. The van der Waals surface area contributed by atoms with Gasteiger partial charge in [0.25, 0.3) is 5.91 Å². The van der Waals surface area contributed by atoms with Crippen molar-refractivity contribution in [2.24, 2.45) is 0 Å². The smallest absolute Gasteiger partial charge is 0.305 e. The van der Waals surface area contributed by atoms with Crippen molar-refractivity contribution in [1.29, 1.82) is 0 Å². The normalized spacial score (nSPS) is 14.3. The molecule has 1 saturated heterocycles. The highest BCUT2D eigenvalue weighted by Gasteiger charge is 2.22. The molecule has 6 nitrogen and oxygen atoms in total. The largest absolute Gasteiger partial charge is 0.481 e. The molecule has 0 unspecified atom stereocenters. The summed E-state index contributed by atoms with van der Waals surface area (Å²) in [6.07, 6.45) is 3.85. The van der Waals surface area contributed by atoms with E-state index in [-0.39, 0.29) is 18.9 Å². The number of nitrogens with zero attached hydrogens (tertiary/aromatic N) is 3. The average Bonchev–Trinajstić information content (AvgIpc) is 2.98. The molecule has 0 aliphatic carbocycles. The average molecular weight is 277 g/mol. The number of amides is 1. The highest BCUT2D eigenvalue weighted by atomic mass is 16.4. The van der Waals surface area contributed by atoms with Crippen LogP contribution in [0.1, 0.15) is 29.6 Å². The van der Waals surface area contributed by atoms with E-state index in [2.05, 4.69) is 9.88 Å². The van der Waals surface area contributed by atoms with Crippen LogP contribution in [0.5, 0.6) is 0 Å². The van der Waals surface area contributed by atoms with Gasteiger partial charge in [-0.15, -0.1) is 0 Å². The number of anilines is 1. The maximum atomic E-state index is 12.4. The molecule has 1 fully saturated rings. The van der Waals surface area contributed by atoms with E-state index >= 15 is 0 Å². The first-order valence-electron chi connectivity index (χ1n) is 6.77. The number of carbonyl (C=O) groups excluding carboxylic acids is 1. The fourth-order valence-electron chi connectivity index (χ4n) is 2.32. The molecule has 108 valence electrons. The van der Waals surface area contributed by atoms with Crippen LogP contribution >= 0.6 is 0 Å². The summed E-state index contributed by atoms with van der Waals surface area (Å²) in [4.78, 5) is 30.8. The summed E-state index contributed by atoms with van der Waals surface area (Å²) in [5, 5.41) is 8.68. The number of hydrogen-bond acceptors (Lipinski definition) is 4. The third kappa shape index (κ3) is 3.26. The minimum absolute atomic E-state index is 0.0540. The quantitative estimate of drug-likeness (QED) is 0.876. The molecule has 1 aliphatic heterocycles. The van der Waals surface area contributed by atoms with E-state index in [0.717, 1.165) is 25.9 Å². The van der Waals surface area contributed by atoms with Crippen LogP contribution in [0, 0.1) is 0 Å². The highest BCUT2D eigenvalue weighted by Crippen LogP contribution is 2.22. The van der Waals surface area contributed by atoms with E-state index in [1.165, 1.54) is 4.90 Å². The van der Waals surface area contributed by atoms with Crippen LogP contribution in [-0.2, 0) is 4.79 Å². The van der Waals surface area contributed by atoms with Crippen molar-refractivity contribution in [3.63, 3.8) is 0 Å². The zero-order chi connectivity index (χ0) is 14.5. The van der Waals surface area contributed by atoms with Gasteiger partial charge in [-0.05, 0) is 25.0 Å². The Balaban J connectivity index is 2.14.